The SMILES string of the molecule is CN1C=Cc2[nH]nc(-c3ccncn3)c2C1NC1CCC(F)(F)CC1. The molecule has 2 aromatic heterocycles. The van der Waals surface area contributed by atoms with Gasteiger partial charge in [0.1, 0.15) is 18.2 Å². The molecule has 1 aliphatic heterocycles. The van der Waals surface area contributed by atoms with Gasteiger partial charge < -0.3 is 4.90 Å². The van der Waals surface area contributed by atoms with Crippen LogP contribution in [0.15, 0.2) is 24.8 Å². The van der Waals surface area contributed by atoms with Crippen LogP contribution in [-0.4, -0.2) is 44.1 Å². The van der Waals surface area contributed by atoms with E-state index in [4.69, 9.17) is 0 Å². The maximum Gasteiger partial charge on any atom is 0.248 e. The third-order valence-corrected chi connectivity index (χ3v) is 4.93. The Hall–Kier alpha value is -2.35. The van der Waals surface area contributed by atoms with Crippen molar-refractivity contribution < 1.29 is 8.78 Å². The summed E-state index contributed by atoms with van der Waals surface area (Å²) in [6, 6.07) is 1.87. The average Bonchev–Trinajstić information content (AvgIpc) is 3.04. The highest BCUT2D eigenvalue weighted by molar-refractivity contribution is 5.67. The molecule has 2 N–H and O–H groups in total. The van der Waals surface area contributed by atoms with Gasteiger partial charge >= 0.3 is 0 Å². The van der Waals surface area contributed by atoms with Crippen LogP contribution in [0.1, 0.15) is 43.1 Å². The van der Waals surface area contributed by atoms with Crippen molar-refractivity contribution in [1.29, 1.82) is 0 Å². The van der Waals surface area contributed by atoms with E-state index in [0.717, 1.165) is 22.6 Å². The maximum absolute atomic E-state index is 13.4. The van der Waals surface area contributed by atoms with Gasteiger partial charge in [0.25, 0.3) is 0 Å². The van der Waals surface area contributed by atoms with Crippen molar-refractivity contribution in [1.82, 2.24) is 30.4 Å². The number of nitrogens with one attached hydrogen (secondary N) is 2. The first-order valence-electron chi connectivity index (χ1n) is 8.42. The molecular formula is C17H20F2N6. The molecule has 0 aromatic carbocycles. The van der Waals surface area contributed by atoms with Gasteiger partial charge in [-0.15, -0.1) is 0 Å². The number of fused-ring (bicyclic) bond motifs is 1. The number of rotatable bonds is 3. The fourth-order valence-electron chi connectivity index (χ4n) is 3.51. The molecule has 1 saturated carbocycles. The quantitative estimate of drug-likeness (QED) is 0.894. The Balaban J connectivity index is 1.62. The lowest BCUT2D eigenvalue weighted by molar-refractivity contribution is -0.0426. The number of hydrogen-bond donors (Lipinski definition) is 2. The summed E-state index contributed by atoms with van der Waals surface area (Å²) < 4.78 is 26.9. The van der Waals surface area contributed by atoms with Crippen molar-refractivity contribution in [3.63, 3.8) is 0 Å². The number of aromatic amines is 1. The Kier molecular flexibility index (Phi) is 3.99. The first-order valence-corrected chi connectivity index (χ1v) is 8.42. The minimum Gasteiger partial charge on any atom is -0.361 e. The zero-order valence-corrected chi connectivity index (χ0v) is 13.9. The molecule has 4 rings (SSSR count). The Morgan fingerprint density at radius 3 is 2.84 bits per heavy atom. The molecular weight excluding hydrogens is 326 g/mol. The second-order valence-corrected chi connectivity index (χ2v) is 6.67. The van der Waals surface area contributed by atoms with Crippen molar-refractivity contribution in [2.45, 2.75) is 43.8 Å². The summed E-state index contributed by atoms with van der Waals surface area (Å²) in [7, 11) is 1.96. The fraction of sp³-hybridized carbons (Fsp3) is 0.471. The van der Waals surface area contributed by atoms with E-state index in [-0.39, 0.29) is 25.0 Å². The average molecular weight is 346 g/mol. The second kappa shape index (κ2) is 6.18. The molecule has 3 heterocycles. The van der Waals surface area contributed by atoms with Gasteiger partial charge in [-0.3, -0.25) is 10.4 Å². The van der Waals surface area contributed by atoms with Crippen molar-refractivity contribution in [2.75, 3.05) is 7.05 Å². The minimum atomic E-state index is -2.52. The van der Waals surface area contributed by atoms with Crippen LogP contribution in [-0.2, 0) is 0 Å². The van der Waals surface area contributed by atoms with E-state index in [2.05, 4.69) is 25.5 Å². The maximum atomic E-state index is 13.4. The van der Waals surface area contributed by atoms with Crippen molar-refractivity contribution >= 4 is 6.08 Å². The molecule has 0 bridgehead atoms. The van der Waals surface area contributed by atoms with Crippen LogP contribution in [0.3, 0.4) is 0 Å². The molecule has 132 valence electrons. The predicted octanol–water partition coefficient (Wildman–Crippen LogP) is 2.95. The molecule has 8 heteroatoms. The summed E-state index contributed by atoms with van der Waals surface area (Å²) in [6.45, 7) is 0. The number of alkyl halides is 2. The Morgan fingerprint density at radius 1 is 1.32 bits per heavy atom. The fourth-order valence-corrected chi connectivity index (χ4v) is 3.51. The Morgan fingerprint density at radius 2 is 2.12 bits per heavy atom. The molecule has 2 aromatic rings. The summed E-state index contributed by atoms with van der Waals surface area (Å²) in [5, 5.41) is 11.0. The van der Waals surface area contributed by atoms with Crippen LogP contribution < -0.4 is 5.32 Å². The smallest absolute Gasteiger partial charge is 0.248 e. The van der Waals surface area contributed by atoms with Crippen LogP contribution in [0.4, 0.5) is 8.78 Å². The number of aromatic nitrogens is 4. The molecule has 0 spiro atoms. The summed E-state index contributed by atoms with van der Waals surface area (Å²) in [5.74, 6) is -2.52. The van der Waals surface area contributed by atoms with Crippen molar-refractivity contribution in [3.8, 4) is 11.4 Å². The highest BCUT2D eigenvalue weighted by atomic mass is 19.3. The standard InChI is InChI=1S/C17H20F2N6/c1-25-9-5-12-14(15(24-23-12)13-4-8-20-10-21-13)16(25)22-11-2-6-17(18,19)7-3-11/h4-5,8-11,16,22H,2-3,6-7H2,1H3,(H,23,24). The van der Waals surface area contributed by atoms with Gasteiger partial charge in [0, 0.05) is 43.9 Å². The number of H-pyrrole nitrogens is 1. The number of nitrogens with zero attached hydrogens (tertiary/aromatic N) is 4. The molecule has 1 fully saturated rings. The van der Waals surface area contributed by atoms with Gasteiger partial charge in [0.15, 0.2) is 0 Å². The third kappa shape index (κ3) is 3.13. The minimum absolute atomic E-state index is 0.0552. The van der Waals surface area contributed by atoms with Gasteiger partial charge in [0.05, 0.1) is 11.4 Å². The molecule has 0 amide bonds. The lowest BCUT2D eigenvalue weighted by Crippen LogP contribution is -2.44. The molecule has 2 aliphatic rings. The second-order valence-electron chi connectivity index (χ2n) is 6.67. The molecule has 0 saturated heterocycles. The normalized spacial score (nSPS) is 22.8. The largest absolute Gasteiger partial charge is 0.361 e. The lowest BCUT2D eigenvalue weighted by atomic mass is 9.91. The molecule has 1 atom stereocenters. The zero-order valence-electron chi connectivity index (χ0n) is 13.9. The van der Waals surface area contributed by atoms with E-state index in [1.54, 1.807) is 6.20 Å². The zero-order chi connectivity index (χ0) is 17.4. The van der Waals surface area contributed by atoms with Crippen LogP contribution in [0.5, 0.6) is 0 Å². The number of hydrogen-bond acceptors (Lipinski definition) is 5. The topological polar surface area (TPSA) is 69.7 Å². The highest BCUT2D eigenvalue weighted by Crippen LogP contribution is 2.37. The number of halogens is 2. The summed E-state index contributed by atoms with van der Waals surface area (Å²) >= 11 is 0. The van der Waals surface area contributed by atoms with Crippen molar-refractivity contribution in [3.05, 3.63) is 36.0 Å². The van der Waals surface area contributed by atoms with E-state index in [1.165, 1.54) is 6.33 Å². The van der Waals surface area contributed by atoms with Crippen LogP contribution in [0, 0.1) is 0 Å². The van der Waals surface area contributed by atoms with E-state index in [1.807, 2.05) is 30.3 Å². The van der Waals surface area contributed by atoms with E-state index >= 15 is 0 Å². The van der Waals surface area contributed by atoms with Gasteiger partial charge in [-0.1, -0.05) is 0 Å². The van der Waals surface area contributed by atoms with Gasteiger partial charge in [-0.25, -0.2) is 18.7 Å². The molecule has 1 aliphatic carbocycles. The summed E-state index contributed by atoms with van der Waals surface area (Å²) in [6.07, 6.45) is 7.76. The van der Waals surface area contributed by atoms with E-state index in [0.29, 0.717) is 12.8 Å². The molecule has 1 unspecified atom stereocenters. The van der Waals surface area contributed by atoms with E-state index < -0.39 is 5.92 Å². The first-order chi connectivity index (χ1) is 12.0. The molecule has 6 nitrogen and oxygen atoms in total. The summed E-state index contributed by atoms with van der Waals surface area (Å²) in [5.41, 5.74) is 3.39. The van der Waals surface area contributed by atoms with Gasteiger partial charge in [0.2, 0.25) is 5.92 Å². The lowest BCUT2D eigenvalue weighted by Gasteiger charge is -2.37. The van der Waals surface area contributed by atoms with Crippen LogP contribution in [0.2, 0.25) is 0 Å². The van der Waals surface area contributed by atoms with Gasteiger partial charge in [-0.05, 0) is 25.0 Å². The Labute approximate surface area is 144 Å². The molecule has 25 heavy (non-hydrogen) atoms. The summed E-state index contributed by atoms with van der Waals surface area (Å²) in [4.78, 5) is 10.3. The molecule has 0 radical (unpaired) electrons. The Bertz CT molecular complexity index is 763. The monoisotopic (exact) mass is 346 g/mol. The highest BCUT2D eigenvalue weighted by Gasteiger charge is 2.37. The predicted molar refractivity (Wildman–Crippen MR) is 89.5 cm³/mol. The van der Waals surface area contributed by atoms with Crippen molar-refractivity contribution in [2.24, 2.45) is 0 Å². The van der Waals surface area contributed by atoms with Gasteiger partial charge in [-0.2, -0.15) is 5.10 Å². The first kappa shape index (κ1) is 16.1. The third-order valence-electron chi connectivity index (χ3n) is 4.93. The van der Waals surface area contributed by atoms with Crippen LogP contribution in [0.25, 0.3) is 17.5 Å². The van der Waals surface area contributed by atoms with Crippen LogP contribution >= 0.6 is 0 Å². The van der Waals surface area contributed by atoms with E-state index in [9.17, 15) is 8.78 Å².